The molecule has 0 bridgehead atoms. The molecule has 0 aromatic rings. The summed E-state index contributed by atoms with van der Waals surface area (Å²) in [5.41, 5.74) is 0. The summed E-state index contributed by atoms with van der Waals surface area (Å²) in [5.74, 6) is -0.300. The standard InChI is InChI=1S/C17H31NO3/c1-3-5-7-13-8-10-14(11-9-13)16(19)18-12-15(6-4-2)17(20)21/h13-15H,3-12H2,1-2H3,(H,18,19)(H,20,21). The average Bonchev–Trinajstić information content (AvgIpc) is 2.49. The van der Waals surface area contributed by atoms with Gasteiger partial charge in [-0.15, -0.1) is 0 Å². The highest BCUT2D eigenvalue weighted by Gasteiger charge is 2.26. The fourth-order valence-electron chi connectivity index (χ4n) is 3.24. The molecule has 1 atom stereocenters. The number of hydrogen-bond acceptors (Lipinski definition) is 2. The van der Waals surface area contributed by atoms with Gasteiger partial charge in [0.15, 0.2) is 0 Å². The Kier molecular flexibility index (Phi) is 8.40. The average molecular weight is 297 g/mol. The van der Waals surface area contributed by atoms with E-state index in [9.17, 15) is 9.59 Å². The fourth-order valence-corrected chi connectivity index (χ4v) is 3.24. The highest BCUT2D eigenvalue weighted by atomic mass is 16.4. The van der Waals surface area contributed by atoms with E-state index in [1.54, 1.807) is 0 Å². The first-order valence-electron chi connectivity index (χ1n) is 8.58. The molecule has 1 aliphatic carbocycles. The molecule has 1 unspecified atom stereocenters. The summed E-state index contributed by atoms with van der Waals surface area (Å²) in [6, 6.07) is 0. The van der Waals surface area contributed by atoms with Crippen LogP contribution in [-0.4, -0.2) is 23.5 Å². The van der Waals surface area contributed by atoms with Gasteiger partial charge in [0.2, 0.25) is 5.91 Å². The SMILES string of the molecule is CCCCC1CCC(C(=O)NCC(CCC)C(=O)O)CC1. The molecule has 1 rings (SSSR count). The second kappa shape index (κ2) is 9.80. The quantitative estimate of drug-likeness (QED) is 0.683. The molecule has 21 heavy (non-hydrogen) atoms. The molecule has 1 aliphatic rings. The third-order valence-corrected chi connectivity index (χ3v) is 4.69. The Morgan fingerprint density at radius 3 is 2.33 bits per heavy atom. The number of carboxylic acid groups (broad SMARTS) is 1. The second-order valence-corrected chi connectivity index (χ2v) is 6.43. The summed E-state index contributed by atoms with van der Waals surface area (Å²) < 4.78 is 0. The highest BCUT2D eigenvalue weighted by molar-refractivity contribution is 5.79. The maximum atomic E-state index is 12.1. The van der Waals surface area contributed by atoms with Gasteiger partial charge in [0.05, 0.1) is 5.92 Å². The third kappa shape index (κ3) is 6.49. The predicted octanol–water partition coefficient (Wildman–Crippen LogP) is 3.60. The van der Waals surface area contributed by atoms with Gasteiger partial charge in [0.25, 0.3) is 0 Å². The lowest BCUT2D eigenvalue weighted by Crippen LogP contribution is -2.38. The summed E-state index contributed by atoms with van der Waals surface area (Å²) in [6.07, 6.45) is 9.51. The van der Waals surface area contributed by atoms with Crippen molar-refractivity contribution >= 4 is 11.9 Å². The smallest absolute Gasteiger partial charge is 0.308 e. The summed E-state index contributed by atoms with van der Waals surface area (Å²) in [5, 5.41) is 12.0. The van der Waals surface area contributed by atoms with Crippen LogP contribution >= 0.6 is 0 Å². The fraction of sp³-hybridized carbons (Fsp3) is 0.882. The van der Waals surface area contributed by atoms with Crippen molar-refractivity contribution in [3.8, 4) is 0 Å². The lowest BCUT2D eigenvalue weighted by atomic mass is 9.79. The minimum absolute atomic E-state index is 0.0614. The molecule has 1 saturated carbocycles. The number of amides is 1. The van der Waals surface area contributed by atoms with Gasteiger partial charge in [-0.3, -0.25) is 9.59 Å². The highest BCUT2D eigenvalue weighted by Crippen LogP contribution is 2.31. The molecular formula is C17H31NO3. The maximum Gasteiger partial charge on any atom is 0.308 e. The van der Waals surface area contributed by atoms with Crippen LogP contribution in [0, 0.1) is 17.8 Å². The largest absolute Gasteiger partial charge is 0.481 e. The van der Waals surface area contributed by atoms with Crippen molar-refractivity contribution in [1.82, 2.24) is 5.32 Å². The number of carbonyl (C=O) groups excluding carboxylic acids is 1. The van der Waals surface area contributed by atoms with E-state index in [0.717, 1.165) is 38.0 Å². The molecule has 0 spiro atoms. The van der Waals surface area contributed by atoms with Crippen molar-refractivity contribution in [2.75, 3.05) is 6.54 Å². The van der Waals surface area contributed by atoms with Crippen molar-refractivity contribution in [2.24, 2.45) is 17.8 Å². The van der Waals surface area contributed by atoms with E-state index in [1.807, 2.05) is 6.92 Å². The van der Waals surface area contributed by atoms with Crippen LogP contribution < -0.4 is 5.32 Å². The monoisotopic (exact) mass is 297 g/mol. The van der Waals surface area contributed by atoms with Gasteiger partial charge in [-0.2, -0.15) is 0 Å². The molecule has 1 fully saturated rings. The van der Waals surface area contributed by atoms with Crippen LogP contribution in [0.15, 0.2) is 0 Å². The topological polar surface area (TPSA) is 66.4 Å². The Hall–Kier alpha value is -1.06. The van der Waals surface area contributed by atoms with Crippen molar-refractivity contribution < 1.29 is 14.7 Å². The van der Waals surface area contributed by atoms with Crippen LogP contribution in [0.1, 0.15) is 71.6 Å². The summed E-state index contributed by atoms with van der Waals surface area (Å²) >= 11 is 0. The first kappa shape index (κ1) is 18.0. The Labute approximate surface area is 128 Å². The number of carboxylic acids is 1. The van der Waals surface area contributed by atoms with E-state index in [4.69, 9.17) is 5.11 Å². The Morgan fingerprint density at radius 2 is 1.81 bits per heavy atom. The third-order valence-electron chi connectivity index (χ3n) is 4.69. The Balaban J connectivity index is 2.28. The predicted molar refractivity (Wildman–Crippen MR) is 84.0 cm³/mol. The molecule has 0 aliphatic heterocycles. The molecule has 0 aromatic heterocycles. The number of unbranched alkanes of at least 4 members (excludes halogenated alkanes) is 1. The zero-order chi connectivity index (χ0) is 15.7. The van der Waals surface area contributed by atoms with E-state index in [0.29, 0.717) is 6.42 Å². The summed E-state index contributed by atoms with van der Waals surface area (Å²) in [7, 11) is 0. The molecule has 0 heterocycles. The van der Waals surface area contributed by atoms with Crippen molar-refractivity contribution in [2.45, 2.75) is 71.6 Å². The van der Waals surface area contributed by atoms with Gasteiger partial charge >= 0.3 is 5.97 Å². The van der Waals surface area contributed by atoms with Crippen LogP contribution in [-0.2, 0) is 9.59 Å². The summed E-state index contributed by atoms with van der Waals surface area (Å²) in [6.45, 7) is 4.46. The van der Waals surface area contributed by atoms with Gasteiger partial charge < -0.3 is 10.4 Å². The molecular weight excluding hydrogens is 266 g/mol. The van der Waals surface area contributed by atoms with Crippen molar-refractivity contribution in [3.63, 3.8) is 0 Å². The minimum atomic E-state index is -0.805. The maximum absolute atomic E-state index is 12.1. The van der Waals surface area contributed by atoms with Gasteiger partial charge in [-0.05, 0) is 38.0 Å². The molecule has 0 saturated heterocycles. The number of aliphatic carboxylic acids is 1. The van der Waals surface area contributed by atoms with Crippen LogP contribution in [0.3, 0.4) is 0 Å². The van der Waals surface area contributed by atoms with E-state index in [2.05, 4.69) is 12.2 Å². The molecule has 122 valence electrons. The molecule has 2 N–H and O–H groups in total. The summed E-state index contributed by atoms with van der Waals surface area (Å²) in [4.78, 5) is 23.2. The first-order valence-corrected chi connectivity index (χ1v) is 8.58. The van der Waals surface area contributed by atoms with E-state index in [-0.39, 0.29) is 18.4 Å². The van der Waals surface area contributed by atoms with E-state index < -0.39 is 11.9 Å². The molecule has 4 heteroatoms. The minimum Gasteiger partial charge on any atom is -0.481 e. The van der Waals surface area contributed by atoms with E-state index in [1.165, 1.54) is 19.3 Å². The number of nitrogens with one attached hydrogen (secondary N) is 1. The molecule has 0 radical (unpaired) electrons. The lowest BCUT2D eigenvalue weighted by molar-refractivity contribution is -0.142. The van der Waals surface area contributed by atoms with Crippen molar-refractivity contribution in [1.29, 1.82) is 0 Å². The van der Waals surface area contributed by atoms with E-state index >= 15 is 0 Å². The lowest BCUT2D eigenvalue weighted by Gasteiger charge is -2.28. The Morgan fingerprint density at radius 1 is 1.14 bits per heavy atom. The number of rotatable bonds is 9. The molecule has 1 amide bonds. The van der Waals surface area contributed by atoms with Crippen molar-refractivity contribution in [3.05, 3.63) is 0 Å². The van der Waals surface area contributed by atoms with Gasteiger partial charge in [-0.1, -0.05) is 39.5 Å². The van der Waals surface area contributed by atoms with Crippen LogP contribution in [0.25, 0.3) is 0 Å². The van der Waals surface area contributed by atoms with Gasteiger partial charge in [0, 0.05) is 12.5 Å². The Bertz CT molecular complexity index is 322. The van der Waals surface area contributed by atoms with Gasteiger partial charge in [0.1, 0.15) is 0 Å². The molecule has 4 nitrogen and oxygen atoms in total. The normalized spacial score (nSPS) is 23.5. The van der Waals surface area contributed by atoms with Gasteiger partial charge in [-0.25, -0.2) is 0 Å². The zero-order valence-electron chi connectivity index (χ0n) is 13.6. The zero-order valence-corrected chi connectivity index (χ0v) is 13.6. The van der Waals surface area contributed by atoms with Crippen LogP contribution in [0.2, 0.25) is 0 Å². The van der Waals surface area contributed by atoms with Crippen LogP contribution in [0.5, 0.6) is 0 Å². The number of hydrogen-bond donors (Lipinski definition) is 2. The molecule has 0 aromatic carbocycles. The first-order chi connectivity index (χ1) is 10.1. The van der Waals surface area contributed by atoms with Crippen LogP contribution in [0.4, 0.5) is 0 Å². The second-order valence-electron chi connectivity index (χ2n) is 6.43. The number of carbonyl (C=O) groups is 2.